The lowest BCUT2D eigenvalue weighted by atomic mass is 10.1. The second-order valence-electron chi connectivity index (χ2n) is 4.48. The summed E-state index contributed by atoms with van der Waals surface area (Å²) in [6.45, 7) is 4.27. The van der Waals surface area contributed by atoms with E-state index in [4.69, 9.17) is 10.5 Å². The van der Waals surface area contributed by atoms with Gasteiger partial charge in [0.2, 0.25) is 11.8 Å². The Hall–Kier alpha value is -1.52. The number of aromatic nitrogens is 2. The number of hydrogen-bond donors (Lipinski definition) is 2. The fourth-order valence-corrected chi connectivity index (χ4v) is 1.75. The second kappa shape index (κ2) is 7.74. The number of hydrogen-bond acceptors (Lipinski definition) is 5. The summed E-state index contributed by atoms with van der Waals surface area (Å²) in [6, 6.07) is 1.76. The van der Waals surface area contributed by atoms with E-state index in [1.54, 1.807) is 13.1 Å². The molecule has 0 bridgehead atoms. The number of nitrogens with zero attached hydrogens (tertiary/aromatic N) is 2. The lowest BCUT2D eigenvalue weighted by Gasteiger charge is -2.14. The molecule has 0 amide bonds. The lowest BCUT2D eigenvalue weighted by Crippen LogP contribution is -2.13. The van der Waals surface area contributed by atoms with Crippen LogP contribution in [0, 0.1) is 0 Å². The van der Waals surface area contributed by atoms with E-state index >= 15 is 0 Å². The molecule has 0 aliphatic heterocycles. The van der Waals surface area contributed by atoms with Gasteiger partial charge in [0, 0.05) is 13.1 Å². The van der Waals surface area contributed by atoms with Crippen molar-refractivity contribution < 1.29 is 4.74 Å². The van der Waals surface area contributed by atoms with Crippen LogP contribution in [-0.2, 0) is 0 Å². The zero-order valence-electron chi connectivity index (χ0n) is 11.6. The molecule has 1 unspecified atom stereocenters. The summed E-state index contributed by atoms with van der Waals surface area (Å²) >= 11 is 0. The van der Waals surface area contributed by atoms with Crippen molar-refractivity contribution in [1.29, 1.82) is 0 Å². The maximum absolute atomic E-state index is 5.75. The molecule has 0 saturated heterocycles. The highest BCUT2D eigenvalue weighted by Crippen LogP contribution is 2.17. The van der Waals surface area contributed by atoms with Crippen LogP contribution in [0.15, 0.2) is 6.07 Å². The van der Waals surface area contributed by atoms with Crippen molar-refractivity contribution in [3.05, 3.63) is 6.07 Å². The first-order valence-corrected chi connectivity index (χ1v) is 6.64. The third-order valence-electron chi connectivity index (χ3n) is 2.76. The molecule has 5 nitrogen and oxygen atoms in total. The van der Waals surface area contributed by atoms with E-state index in [1.165, 1.54) is 25.7 Å². The van der Waals surface area contributed by atoms with Gasteiger partial charge in [-0.2, -0.15) is 9.97 Å². The summed E-state index contributed by atoms with van der Waals surface area (Å²) in [4.78, 5) is 8.09. The summed E-state index contributed by atoms with van der Waals surface area (Å²) in [7, 11) is 1.79. The van der Waals surface area contributed by atoms with E-state index in [1.807, 2.05) is 0 Å². The van der Waals surface area contributed by atoms with Gasteiger partial charge in [-0.1, -0.05) is 26.2 Å². The largest absolute Gasteiger partial charge is 0.474 e. The summed E-state index contributed by atoms with van der Waals surface area (Å²) in [5.41, 5.74) is 5.61. The Kier molecular flexibility index (Phi) is 6.25. The summed E-state index contributed by atoms with van der Waals surface area (Å²) < 4.78 is 5.75. The zero-order chi connectivity index (χ0) is 13.4. The van der Waals surface area contributed by atoms with Crippen LogP contribution >= 0.6 is 0 Å². The van der Waals surface area contributed by atoms with Gasteiger partial charge in [0.05, 0.1) is 6.10 Å². The quantitative estimate of drug-likeness (QED) is 0.696. The van der Waals surface area contributed by atoms with Crippen molar-refractivity contribution in [2.75, 3.05) is 18.1 Å². The first-order valence-electron chi connectivity index (χ1n) is 6.64. The van der Waals surface area contributed by atoms with Crippen LogP contribution in [0.1, 0.15) is 46.0 Å². The van der Waals surface area contributed by atoms with Crippen molar-refractivity contribution in [1.82, 2.24) is 9.97 Å². The number of nitrogens with one attached hydrogen (secondary N) is 1. The molecule has 1 aromatic heterocycles. The predicted molar refractivity (Wildman–Crippen MR) is 74.8 cm³/mol. The molecule has 0 spiro atoms. The van der Waals surface area contributed by atoms with Gasteiger partial charge in [0.1, 0.15) is 5.82 Å². The van der Waals surface area contributed by atoms with Gasteiger partial charge in [-0.3, -0.25) is 0 Å². The molecule has 0 aliphatic rings. The number of ether oxygens (including phenoxy) is 1. The summed E-state index contributed by atoms with van der Waals surface area (Å²) in [5.74, 6) is 1.44. The fraction of sp³-hybridized carbons (Fsp3) is 0.692. The highest BCUT2D eigenvalue weighted by Gasteiger charge is 2.07. The molecule has 102 valence electrons. The van der Waals surface area contributed by atoms with E-state index in [0.717, 1.165) is 6.42 Å². The van der Waals surface area contributed by atoms with E-state index in [-0.39, 0.29) is 12.1 Å². The van der Waals surface area contributed by atoms with Crippen molar-refractivity contribution in [3.8, 4) is 5.88 Å². The number of anilines is 2. The average Bonchev–Trinajstić information content (AvgIpc) is 2.34. The minimum absolute atomic E-state index is 0.154. The molecule has 1 rings (SSSR count). The minimum Gasteiger partial charge on any atom is -0.474 e. The molecule has 0 saturated carbocycles. The standard InChI is InChI=1S/C13H24N4O/c1-4-5-6-7-8-10(2)18-12-9-11(15-3)16-13(14)17-12/h9-10H,4-8H2,1-3H3,(H3,14,15,16,17). The van der Waals surface area contributed by atoms with Crippen molar-refractivity contribution >= 4 is 11.8 Å². The fourth-order valence-electron chi connectivity index (χ4n) is 1.75. The predicted octanol–water partition coefficient (Wildman–Crippen LogP) is 2.84. The maximum atomic E-state index is 5.75. The van der Waals surface area contributed by atoms with Crippen LogP contribution in [0.25, 0.3) is 0 Å². The molecule has 1 heterocycles. The van der Waals surface area contributed by atoms with Gasteiger partial charge < -0.3 is 15.8 Å². The number of nitrogens with two attached hydrogens (primary N) is 1. The minimum atomic E-state index is 0.154. The second-order valence-corrected chi connectivity index (χ2v) is 4.48. The van der Waals surface area contributed by atoms with Gasteiger partial charge in [0.25, 0.3) is 0 Å². The Balaban J connectivity index is 2.43. The number of rotatable bonds is 8. The lowest BCUT2D eigenvalue weighted by molar-refractivity contribution is 0.198. The van der Waals surface area contributed by atoms with E-state index < -0.39 is 0 Å². The van der Waals surface area contributed by atoms with Crippen molar-refractivity contribution in [2.24, 2.45) is 0 Å². The first kappa shape index (κ1) is 14.5. The molecule has 1 aromatic rings. The van der Waals surface area contributed by atoms with Crippen LogP contribution < -0.4 is 15.8 Å². The van der Waals surface area contributed by atoms with Gasteiger partial charge >= 0.3 is 0 Å². The smallest absolute Gasteiger partial charge is 0.225 e. The van der Waals surface area contributed by atoms with Crippen LogP contribution in [0.5, 0.6) is 5.88 Å². The Morgan fingerprint density at radius 2 is 2.11 bits per heavy atom. The number of nitrogen functional groups attached to an aromatic ring is 1. The number of unbranched alkanes of at least 4 members (excludes halogenated alkanes) is 3. The highest BCUT2D eigenvalue weighted by atomic mass is 16.5. The topological polar surface area (TPSA) is 73.1 Å². The third-order valence-corrected chi connectivity index (χ3v) is 2.76. The Morgan fingerprint density at radius 3 is 2.78 bits per heavy atom. The van der Waals surface area contributed by atoms with E-state index in [0.29, 0.717) is 11.7 Å². The van der Waals surface area contributed by atoms with E-state index in [9.17, 15) is 0 Å². The average molecular weight is 252 g/mol. The molecule has 0 fully saturated rings. The monoisotopic (exact) mass is 252 g/mol. The SMILES string of the molecule is CCCCCCC(C)Oc1cc(NC)nc(N)n1. The molecule has 5 heteroatoms. The van der Waals surface area contributed by atoms with Crippen LogP contribution in [0.3, 0.4) is 0 Å². The van der Waals surface area contributed by atoms with Gasteiger partial charge in [0.15, 0.2) is 0 Å². The van der Waals surface area contributed by atoms with Crippen LogP contribution in [0.4, 0.5) is 11.8 Å². The first-order chi connectivity index (χ1) is 8.65. The molecule has 0 radical (unpaired) electrons. The Bertz CT molecular complexity index is 357. The summed E-state index contributed by atoms with van der Waals surface area (Å²) in [5, 5.41) is 2.93. The van der Waals surface area contributed by atoms with Gasteiger partial charge in [-0.25, -0.2) is 0 Å². The van der Waals surface area contributed by atoms with Crippen molar-refractivity contribution in [2.45, 2.75) is 52.1 Å². The summed E-state index contributed by atoms with van der Waals surface area (Å²) in [6.07, 6.45) is 6.19. The van der Waals surface area contributed by atoms with Gasteiger partial charge in [-0.15, -0.1) is 0 Å². The molecular weight excluding hydrogens is 228 g/mol. The Morgan fingerprint density at radius 1 is 1.33 bits per heavy atom. The highest BCUT2D eigenvalue weighted by molar-refractivity contribution is 5.42. The zero-order valence-corrected chi connectivity index (χ0v) is 11.6. The van der Waals surface area contributed by atoms with Gasteiger partial charge in [-0.05, 0) is 19.8 Å². The third kappa shape index (κ3) is 5.21. The van der Waals surface area contributed by atoms with Crippen LogP contribution in [-0.4, -0.2) is 23.1 Å². The molecule has 1 atom stereocenters. The normalized spacial score (nSPS) is 12.2. The maximum Gasteiger partial charge on any atom is 0.225 e. The Labute approximate surface area is 109 Å². The molecule has 0 aliphatic carbocycles. The molecule has 3 N–H and O–H groups in total. The van der Waals surface area contributed by atoms with Crippen molar-refractivity contribution in [3.63, 3.8) is 0 Å². The molecule has 18 heavy (non-hydrogen) atoms. The van der Waals surface area contributed by atoms with Crippen LogP contribution in [0.2, 0.25) is 0 Å². The molecule has 0 aromatic carbocycles. The van der Waals surface area contributed by atoms with E-state index in [2.05, 4.69) is 29.1 Å². The molecular formula is C13H24N4O.